The van der Waals surface area contributed by atoms with Gasteiger partial charge in [-0.05, 0) is 30.7 Å². The summed E-state index contributed by atoms with van der Waals surface area (Å²) in [5, 5.41) is 4.95. The lowest BCUT2D eigenvalue weighted by Crippen LogP contribution is -2.32. The van der Waals surface area contributed by atoms with Crippen LogP contribution in [0.2, 0.25) is 5.02 Å². The van der Waals surface area contributed by atoms with Gasteiger partial charge in [-0.15, -0.1) is 11.3 Å². The average molecular weight is 443 g/mol. The monoisotopic (exact) mass is 442 g/mol. The van der Waals surface area contributed by atoms with Gasteiger partial charge >= 0.3 is 0 Å². The van der Waals surface area contributed by atoms with Crippen molar-refractivity contribution in [3.05, 3.63) is 98.5 Å². The molecule has 3 aromatic carbocycles. The lowest BCUT2D eigenvalue weighted by atomic mass is 9.73. The minimum atomic E-state index is -0.499. The summed E-state index contributed by atoms with van der Waals surface area (Å²) in [6.07, 6.45) is 0. The minimum absolute atomic E-state index is 0.422. The molecule has 0 saturated carbocycles. The number of aromatic nitrogens is 1. The van der Waals surface area contributed by atoms with Crippen LogP contribution in [0, 0.1) is 6.92 Å². The molecular formula is C25H15ClN2O2S. The van der Waals surface area contributed by atoms with E-state index in [1.54, 1.807) is 23.5 Å². The summed E-state index contributed by atoms with van der Waals surface area (Å²) < 4.78 is 1.04. The maximum absolute atomic E-state index is 13.5. The molecule has 6 heteroatoms. The molecule has 4 nitrogen and oxygen atoms in total. The average Bonchev–Trinajstić information content (AvgIpc) is 3.17. The first-order valence-electron chi connectivity index (χ1n) is 9.88. The number of carbonyl (C=O) groups excluding carboxylic acids is 2. The van der Waals surface area contributed by atoms with Crippen molar-refractivity contribution in [1.29, 1.82) is 0 Å². The van der Waals surface area contributed by atoms with E-state index in [0.29, 0.717) is 21.9 Å². The van der Waals surface area contributed by atoms with Crippen molar-refractivity contribution in [3.63, 3.8) is 0 Å². The van der Waals surface area contributed by atoms with Crippen LogP contribution in [0.15, 0.2) is 66.2 Å². The first-order valence-corrected chi connectivity index (χ1v) is 11.1. The fourth-order valence-corrected chi connectivity index (χ4v) is 5.73. The van der Waals surface area contributed by atoms with Crippen molar-refractivity contribution in [3.8, 4) is 0 Å². The second-order valence-electron chi connectivity index (χ2n) is 7.68. The topological polar surface area (TPSA) is 59.1 Å². The molecule has 6 rings (SSSR count). The first-order chi connectivity index (χ1) is 15.0. The number of rotatable bonds is 1. The number of hydrogen-bond acceptors (Lipinski definition) is 5. The number of ketones is 2. The number of hydrogen-bond donors (Lipinski definition) is 1. The third-order valence-corrected chi connectivity index (χ3v) is 7.20. The Labute approximate surface area is 187 Å². The number of benzene rings is 3. The van der Waals surface area contributed by atoms with Crippen LogP contribution in [0.4, 0.5) is 5.69 Å². The molecule has 0 fully saturated rings. The van der Waals surface area contributed by atoms with Crippen LogP contribution in [0.5, 0.6) is 0 Å². The third-order valence-electron chi connectivity index (χ3n) is 5.92. The third kappa shape index (κ3) is 2.57. The Morgan fingerprint density at radius 1 is 0.935 bits per heavy atom. The largest absolute Gasteiger partial charge is 0.354 e. The summed E-state index contributed by atoms with van der Waals surface area (Å²) >= 11 is 8.24. The van der Waals surface area contributed by atoms with Gasteiger partial charge in [0.1, 0.15) is 0 Å². The fraction of sp³-hybridized carbons (Fsp3) is 0.0800. The predicted octanol–water partition coefficient (Wildman–Crippen LogP) is 5.99. The van der Waals surface area contributed by atoms with E-state index in [0.717, 1.165) is 37.6 Å². The highest BCUT2D eigenvalue weighted by atomic mass is 35.5. The second-order valence-corrected chi connectivity index (χ2v) is 9.32. The van der Waals surface area contributed by atoms with Crippen LogP contribution in [0.25, 0.3) is 15.9 Å². The number of halogens is 1. The molecule has 2 heterocycles. The van der Waals surface area contributed by atoms with E-state index in [9.17, 15) is 9.59 Å². The standard InChI is InChI=1S/C25H15ClN2O2S/c1-12-27-23-18(31-12)11-10-17-20(23)19(15-8-4-5-9-16(15)26)21-22(28-17)13-6-2-3-7-14(13)24(29)25(21)30/h2-11,19,28H,1H3. The highest BCUT2D eigenvalue weighted by molar-refractivity contribution is 7.18. The van der Waals surface area contributed by atoms with Gasteiger partial charge in [0.25, 0.3) is 0 Å². The number of fused-ring (bicyclic) bond motifs is 5. The van der Waals surface area contributed by atoms with E-state index in [1.807, 2.05) is 55.5 Å². The predicted molar refractivity (Wildman–Crippen MR) is 124 cm³/mol. The number of Topliss-reactive ketones (excluding diaryl/α,β-unsaturated/α-hetero) is 2. The SMILES string of the molecule is Cc1nc2c3c(ccc2s1)NC1=C(C(=O)C(=O)c2ccccc21)C3c1ccccc1Cl. The number of allylic oxidation sites excluding steroid dienone is 1. The van der Waals surface area contributed by atoms with E-state index < -0.39 is 17.5 Å². The molecule has 1 aliphatic heterocycles. The van der Waals surface area contributed by atoms with Crippen LogP contribution in [0.1, 0.15) is 38.0 Å². The Balaban J connectivity index is 1.75. The first kappa shape index (κ1) is 18.5. The maximum Gasteiger partial charge on any atom is 0.233 e. The minimum Gasteiger partial charge on any atom is -0.354 e. The molecule has 1 aromatic heterocycles. The van der Waals surface area contributed by atoms with E-state index in [-0.39, 0.29) is 0 Å². The Morgan fingerprint density at radius 3 is 2.48 bits per heavy atom. The number of nitrogens with one attached hydrogen (secondary N) is 1. The van der Waals surface area contributed by atoms with Gasteiger partial charge in [-0.3, -0.25) is 9.59 Å². The zero-order chi connectivity index (χ0) is 21.3. The highest BCUT2D eigenvalue weighted by Gasteiger charge is 2.42. The van der Waals surface area contributed by atoms with Crippen LogP contribution in [-0.4, -0.2) is 16.6 Å². The summed E-state index contributed by atoms with van der Waals surface area (Å²) in [6, 6.07) is 18.8. The highest BCUT2D eigenvalue weighted by Crippen LogP contribution is 2.51. The van der Waals surface area contributed by atoms with Gasteiger partial charge in [0.05, 0.1) is 20.9 Å². The Bertz CT molecular complexity index is 1480. The molecule has 31 heavy (non-hydrogen) atoms. The van der Waals surface area contributed by atoms with E-state index in [1.165, 1.54) is 0 Å². The summed E-state index contributed by atoms with van der Waals surface area (Å²) in [5.74, 6) is -1.48. The van der Waals surface area contributed by atoms with Crippen molar-refractivity contribution in [2.24, 2.45) is 0 Å². The lowest BCUT2D eigenvalue weighted by molar-refractivity contribution is -0.112. The molecule has 0 radical (unpaired) electrons. The van der Waals surface area contributed by atoms with Crippen molar-refractivity contribution in [2.45, 2.75) is 12.8 Å². The molecule has 150 valence electrons. The van der Waals surface area contributed by atoms with Gasteiger partial charge in [0.15, 0.2) is 0 Å². The zero-order valence-corrected chi connectivity index (χ0v) is 18.0. The van der Waals surface area contributed by atoms with Crippen molar-refractivity contribution < 1.29 is 9.59 Å². The normalized spacial score (nSPS) is 17.3. The van der Waals surface area contributed by atoms with Crippen LogP contribution in [-0.2, 0) is 4.79 Å². The van der Waals surface area contributed by atoms with Gasteiger partial charge in [-0.25, -0.2) is 4.98 Å². The van der Waals surface area contributed by atoms with Gasteiger partial charge in [0.2, 0.25) is 11.6 Å². The molecule has 0 bridgehead atoms. The summed E-state index contributed by atoms with van der Waals surface area (Å²) in [6.45, 7) is 1.97. The molecule has 1 unspecified atom stereocenters. The fourth-order valence-electron chi connectivity index (χ4n) is 4.64. The molecule has 1 atom stereocenters. The second kappa shape index (κ2) is 6.61. The maximum atomic E-state index is 13.5. The zero-order valence-electron chi connectivity index (χ0n) is 16.4. The molecular weight excluding hydrogens is 428 g/mol. The van der Waals surface area contributed by atoms with Gasteiger partial charge in [-0.1, -0.05) is 54.1 Å². The Morgan fingerprint density at radius 2 is 1.68 bits per heavy atom. The molecule has 0 saturated heterocycles. The molecule has 0 spiro atoms. The summed E-state index contributed by atoms with van der Waals surface area (Å²) in [5.41, 5.74) is 5.64. The Kier molecular flexibility index (Phi) is 3.94. The molecule has 1 aliphatic carbocycles. The van der Waals surface area contributed by atoms with Crippen molar-refractivity contribution in [1.82, 2.24) is 4.98 Å². The number of carbonyl (C=O) groups is 2. The van der Waals surface area contributed by atoms with E-state index in [2.05, 4.69) is 5.32 Å². The molecule has 0 amide bonds. The molecule has 1 N–H and O–H groups in total. The smallest absolute Gasteiger partial charge is 0.233 e. The number of anilines is 1. The van der Waals surface area contributed by atoms with Gasteiger partial charge < -0.3 is 5.32 Å². The van der Waals surface area contributed by atoms with Gasteiger partial charge in [-0.2, -0.15) is 0 Å². The number of thiazole rings is 1. The van der Waals surface area contributed by atoms with Crippen LogP contribution >= 0.6 is 22.9 Å². The Hall–Kier alpha value is -3.28. The number of nitrogens with zero attached hydrogens (tertiary/aromatic N) is 1. The van der Waals surface area contributed by atoms with Crippen molar-refractivity contribution in [2.75, 3.05) is 5.32 Å². The van der Waals surface area contributed by atoms with E-state index >= 15 is 0 Å². The quantitative estimate of drug-likeness (QED) is 0.368. The number of aryl methyl sites for hydroxylation is 1. The van der Waals surface area contributed by atoms with Crippen molar-refractivity contribution >= 4 is 56.1 Å². The lowest BCUT2D eigenvalue weighted by Gasteiger charge is -2.34. The van der Waals surface area contributed by atoms with E-state index in [4.69, 9.17) is 16.6 Å². The summed E-state index contributed by atoms with van der Waals surface area (Å²) in [4.78, 5) is 31.3. The molecule has 2 aliphatic rings. The van der Waals surface area contributed by atoms with Crippen LogP contribution < -0.4 is 5.32 Å². The van der Waals surface area contributed by atoms with Gasteiger partial charge in [0, 0.05) is 38.9 Å². The van der Waals surface area contributed by atoms with Crippen LogP contribution in [0.3, 0.4) is 0 Å². The molecule has 4 aromatic rings. The summed E-state index contributed by atoms with van der Waals surface area (Å²) in [7, 11) is 0.